The average Bonchev–Trinajstić information content (AvgIpc) is 2.73. The molecule has 0 aliphatic heterocycles. The Morgan fingerprint density at radius 2 is 2.12 bits per heavy atom. The molecule has 5 heteroatoms. The molecule has 1 aromatic carbocycles. The van der Waals surface area contributed by atoms with Crippen LogP contribution in [-0.4, -0.2) is 27.2 Å². The third kappa shape index (κ3) is 1.78. The van der Waals surface area contributed by atoms with Crippen molar-refractivity contribution in [3.8, 4) is 0 Å². The lowest BCUT2D eigenvalue weighted by atomic mass is 10.0. The fraction of sp³-hybridized carbons (Fsp3) is 0.182. The predicted molar refractivity (Wildman–Crippen MR) is 58.9 cm³/mol. The first-order chi connectivity index (χ1) is 7.59. The smallest absolute Gasteiger partial charge is 0.323 e. The van der Waals surface area contributed by atoms with Gasteiger partial charge in [-0.05, 0) is 23.1 Å². The molecule has 84 valence electrons. The normalized spacial score (nSPS) is 14.9. The number of aliphatic carboxylic acids is 1. The van der Waals surface area contributed by atoms with E-state index in [2.05, 4.69) is 4.98 Å². The van der Waals surface area contributed by atoms with Crippen molar-refractivity contribution < 1.29 is 15.0 Å². The van der Waals surface area contributed by atoms with Crippen LogP contribution in [0.1, 0.15) is 11.7 Å². The number of fused-ring (bicyclic) bond motifs is 1. The number of rotatable bonds is 3. The van der Waals surface area contributed by atoms with E-state index < -0.39 is 18.1 Å². The Balaban J connectivity index is 2.35. The Kier molecular flexibility index (Phi) is 2.64. The van der Waals surface area contributed by atoms with Crippen molar-refractivity contribution in [1.29, 1.82) is 0 Å². The Morgan fingerprint density at radius 1 is 1.38 bits per heavy atom. The van der Waals surface area contributed by atoms with Crippen LogP contribution in [0.2, 0.25) is 0 Å². The molecular weight excluding hydrogens is 208 g/mol. The summed E-state index contributed by atoms with van der Waals surface area (Å²) in [5.74, 6) is -1.22. The van der Waals surface area contributed by atoms with E-state index in [1.165, 1.54) is 0 Å². The highest BCUT2D eigenvalue weighted by molar-refractivity contribution is 5.80. The van der Waals surface area contributed by atoms with E-state index in [1.807, 2.05) is 6.07 Å². The number of aliphatic hydroxyl groups is 1. The van der Waals surface area contributed by atoms with Crippen LogP contribution in [0.15, 0.2) is 30.5 Å². The molecule has 0 aliphatic carbocycles. The molecule has 1 heterocycles. The molecule has 0 bridgehead atoms. The van der Waals surface area contributed by atoms with Crippen LogP contribution in [-0.2, 0) is 4.79 Å². The van der Waals surface area contributed by atoms with Crippen LogP contribution in [0.3, 0.4) is 0 Å². The van der Waals surface area contributed by atoms with Crippen LogP contribution in [0, 0.1) is 0 Å². The van der Waals surface area contributed by atoms with Gasteiger partial charge in [-0.2, -0.15) is 0 Å². The molecule has 0 spiro atoms. The van der Waals surface area contributed by atoms with Gasteiger partial charge in [-0.15, -0.1) is 0 Å². The lowest BCUT2D eigenvalue weighted by Gasteiger charge is -2.15. The fourth-order valence-electron chi connectivity index (χ4n) is 1.59. The van der Waals surface area contributed by atoms with Gasteiger partial charge in [0.15, 0.2) is 0 Å². The number of H-pyrrole nitrogens is 1. The zero-order valence-corrected chi connectivity index (χ0v) is 8.42. The summed E-state index contributed by atoms with van der Waals surface area (Å²) < 4.78 is 0. The van der Waals surface area contributed by atoms with Crippen LogP contribution in [0.5, 0.6) is 0 Å². The molecule has 5 nitrogen and oxygen atoms in total. The number of nitrogens with two attached hydrogens (primary N) is 1. The Hall–Kier alpha value is -1.85. The summed E-state index contributed by atoms with van der Waals surface area (Å²) in [7, 11) is 0. The van der Waals surface area contributed by atoms with Gasteiger partial charge in [0.1, 0.15) is 12.1 Å². The zero-order chi connectivity index (χ0) is 11.7. The molecule has 16 heavy (non-hydrogen) atoms. The molecule has 5 N–H and O–H groups in total. The third-order valence-corrected chi connectivity index (χ3v) is 2.55. The summed E-state index contributed by atoms with van der Waals surface area (Å²) in [5, 5.41) is 19.4. The summed E-state index contributed by atoms with van der Waals surface area (Å²) in [6.45, 7) is 0. The van der Waals surface area contributed by atoms with E-state index in [9.17, 15) is 9.90 Å². The number of hydrogen-bond donors (Lipinski definition) is 4. The summed E-state index contributed by atoms with van der Waals surface area (Å²) in [6.07, 6.45) is 0.572. The summed E-state index contributed by atoms with van der Waals surface area (Å²) in [6, 6.07) is 5.75. The quantitative estimate of drug-likeness (QED) is 0.609. The van der Waals surface area contributed by atoms with Gasteiger partial charge < -0.3 is 20.9 Å². The molecule has 2 aromatic rings. The average molecular weight is 220 g/mol. The van der Waals surface area contributed by atoms with Crippen molar-refractivity contribution in [2.24, 2.45) is 5.73 Å². The van der Waals surface area contributed by atoms with Gasteiger partial charge in [-0.3, -0.25) is 4.79 Å². The highest BCUT2D eigenvalue weighted by Gasteiger charge is 2.23. The summed E-state index contributed by atoms with van der Waals surface area (Å²) in [4.78, 5) is 13.6. The maximum atomic E-state index is 10.6. The van der Waals surface area contributed by atoms with E-state index in [4.69, 9.17) is 10.8 Å². The second-order valence-electron chi connectivity index (χ2n) is 3.63. The van der Waals surface area contributed by atoms with E-state index in [-0.39, 0.29) is 0 Å². The van der Waals surface area contributed by atoms with E-state index in [0.29, 0.717) is 5.56 Å². The standard InChI is InChI=1S/C11H12N2O3/c12-9(11(15)16)10(14)7-2-1-6-3-4-13-8(6)5-7/h1-5,9-10,13-14H,12H2,(H,15,16). The minimum atomic E-state index is -1.31. The van der Waals surface area contributed by atoms with Crippen LogP contribution < -0.4 is 5.73 Å². The Labute approximate surface area is 91.5 Å². The maximum absolute atomic E-state index is 10.6. The number of carboxylic acid groups (broad SMARTS) is 1. The van der Waals surface area contributed by atoms with Crippen molar-refractivity contribution in [2.45, 2.75) is 12.1 Å². The number of aliphatic hydroxyl groups excluding tert-OH is 1. The molecule has 0 radical (unpaired) electrons. The van der Waals surface area contributed by atoms with Gasteiger partial charge in [-0.1, -0.05) is 12.1 Å². The van der Waals surface area contributed by atoms with Crippen molar-refractivity contribution in [3.63, 3.8) is 0 Å². The first-order valence-corrected chi connectivity index (χ1v) is 4.83. The summed E-state index contributed by atoms with van der Waals surface area (Å²) in [5.41, 5.74) is 6.68. The lowest BCUT2D eigenvalue weighted by Crippen LogP contribution is -2.36. The first-order valence-electron chi connectivity index (χ1n) is 4.83. The molecule has 1 aromatic heterocycles. The molecule has 0 saturated carbocycles. The molecular formula is C11H12N2O3. The van der Waals surface area contributed by atoms with Crippen molar-refractivity contribution in [1.82, 2.24) is 4.98 Å². The molecule has 2 unspecified atom stereocenters. The monoisotopic (exact) mass is 220 g/mol. The fourth-order valence-corrected chi connectivity index (χ4v) is 1.59. The number of hydrogen-bond acceptors (Lipinski definition) is 3. The number of carboxylic acids is 1. The van der Waals surface area contributed by atoms with Gasteiger partial charge in [-0.25, -0.2) is 0 Å². The number of benzene rings is 1. The highest BCUT2D eigenvalue weighted by Crippen LogP contribution is 2.21. The highest BCUT2D eigenvalue weighted by atomic mass is 16.4. The zero-order valence-electron chi connectivity index (χ0n) is 8.42. The van der Waals surface area contributed by atoms with Crippen LogP contribution in [0.25, 0.3) is 10.9 Å². The predicted octanol–water partition coefficient (Wildman–Crippen LogP) is 0.613. The molecule has 2 rings (SSSR count). The van der Waals surface area contributed by atoms with Gasteiger partial charge in [0.05, 0.1) is 0 Å². The SMILES string of the molecule is NC(C(=O)O)C(O)c1ccc2cc[nH]c2c1. The van der Waals surface area contributed by atoms with Gasteiger partial charge in [0.2, 0.25) is 0 Å². The molecule has 0 aliphatic rings. The second-order valence-corrected chi connectivity index (χ2v) is 3.63. The van der Waals surface area contributed by atoms with Crippen molar-refractivity contribution >= 4 is 16.9 Å². The van der Waals surface area contributed by atoms with Gasteiger partial charge in [0.25, 0.3) is 0 Å². The minimum absolute atomic E-state index is 0.491. The van der Waals surface area contributed by atoms with Gasteiger partial charge >= 0.3 is 5.97 Å². The Bertz CT molecular complexity index is 521. The second kappa shape index (κ2) is 3.96. The molecule has 2 atom stereocenters. The molecule has 0 fully saturated rings. The van der Waals surface area contributed by atoms with Crippen LogP contribution in [0.4, 0.5) is 0 Å². The minimum Gasteiger partial charge on any atom is -0.480 e. The number of nitrogens with one attached hydrogen (secondary N) is 1. The lowest BCUT2D eigenvalue weighted by molar-refractivity contribution is -0.141. The number of aromatic amines is 1. The summed E-state index contributed by atoms with van der Waals surface area (Å²) >= 11 is 0. The third-order valence-electron chi connectivity index (χ3n) is 2.55. The molecule has 0 amide bonds. The molecule has 0 saturated heterocycles. The number of carbonyl (C=O) groups is 1. The Morgan fingerprint density at radius 3 is 2.81 bits per heavy atom. The van der Waals surface area contributed by atoms with E-state index >= 15 is 0 Å². The first kappa shape index (κ1) is 10.7. The van der Waals surface area contributed by atoms with Crippen molar-refractivity contribution in [3.05, 3.63) is 36.0 Å². The topological polar surface area (TPSA) is 99.3 Å². The van der Waals surface area contributed by atoms with Gasteiger partial charge in [0, 0.05) is 11.7 Å². The van der Waals surface area contributed by atoms with E-state index in [1.54, 1.807) is 24.4 Å². The maximum Gasteiger partial charge on any atom is 0.323 e. The number of aromatic nitrogens is 1. The largest absolute Gasteiger partial charge is 0.480 e. The van der Waals surface area contributed by atoms with E-state index in [0.717, 1.165) is 10.9 Å². The van der Waals surface area contributed by atoms with Crippen LogP contribution >= 0.6 is 0 Å². The van der Waals surface area contributed by atoms with Crippen molar-refractivity contribution in [2.75, 3.05) is 0 Å².